The van der Waals surface area contributed by atoms with E-state index in [0.717, 1.165) is 25.0 Å². The van der Waals surface area contributed by atoms with Crippen molar-refractivity contribution in [3.63, 3.8) is 0 Å². The number of amides is 1. The number of benzene rings is 1. The van der Waals surface area contributed by atoms with Crippen LogP contribution in [-0.4, -0.2) is 60.3 Å². The number of hydrogen-bond acceptors (Lipinski definition) is 5. The van der Waals surface area contributed by atoms with E-state index in [1.165, 1.54) is 0 Å². The van der Waals surface area contributed by atoms with Crippen LogP contribution in [0.5, 0.6) is 0 Å². The highest BCUT2D eigenvalue weighted by Gasteiger charge is 2.29. The number of rotatable bonds is 6. The van der Waals surface area contributed by atoms with Crippen LogP contribution in [0.15, 0.2) is 35.6 Å². The summed E-state index contributed by atoms with van der Waals surface area (Å²) in [6, 6.07) is 4.48. The third-order valence-electron chi connectivity index (χ3n) is 5.29. The first-order valence-corrected chi connectivity index (χ1v) is 11.2. The topological polar surface area (TPSA) is 87.5 Å². The lowest BCUT2D eigenvalue weighted by Crippen LogP contribution is -2.36. The number of nitrogens with one attached hydrogen (secondary N) is 1. The van der Waals surface area contributed by atoms with Crippen molar-refractivity contribution in [2.45, 2.75) is 37.1 Å². The Morgan fingerprint density at radius 3 is 2.48 bits per heavy atom. The van der Waals surface area contributed by atoms with Gasteiger partial charge in [-0.25, -0.2) is 13.4 Å². The maximum absolute atomic E-state index is 13.1. The third-order valence-corrected chi connectivity index (χ3v) is 7.33. The maximum atomic E-state index is 13.1. The minimum atomic E-state index is -3.58. The van der Waals surface area contributed by atoms with Gasteiger partial charge in [0, 0.05) is 25.8 Å². The Morgan fingerprint density at radius 1 is 1.21 bits per heavy atom. The van der Waals surface area contributed by atoms with E-state index >= 15 is 0 Å². The molecule has 1 unspecified atom stereocenters. The standard InChI is InChI=1S/C20H29N5O3S/c1-15-8-9-16(12-18(15)29(27,28)25-10-6-5-7-11-25)22-20(26)19(23(2)3)17-13-21-14-24(17)4/h8-9,12-14,19H,5-7,10-11H2,1-4H3,(H,22,26). The molecule has 1 atom stereocenters. The fourth-order valence-electron chi connectivity index (χ4n) is 3.67. The molecule has 1 N–H and O–H groups in total. The lowest BCUT2D eigenvalue weighted by atomic mass is 10.1. The van der Waals surface area contributed by atoms with Crippen LogP contribution >= 0.6 is 0 Å². The van der Waals surface area contributed by atoms with Crippen LogP contribution in [0, 0.1) is 6.92 Å². The van der Waals surface area contributed by atoms with Gasteiger partial charge in [-0.2, -0.15) is 4.31 Å². The molecule has 29 heavy (non-hydrogen) atoms. The Labute approximate surface area is 172 Å². The van der Waals surface area contributed by atoms with Crippen molar-refractivity contribution >= 4 is 21.6 Å². The number of piperidine rings is 1. The second-order valence-electron chi connectivity index (χ2n) is 7.73. The molecule has 8 nitrogen and oxygen atoms in total. The normalized spacial score (nSPS) is 16.7. The van der Waals surface area contributed by atoms with E-state index in [-0.39, 0.29) is 10.8 Å². The van der Waals surface area contributed by atoms with Gasteiger partial charge < -0.3 is 9.88 Å². The first-order chi connectivity index (χ1) is 13.7. The second-order valence-corrected chi connectivity index (χ2v) is 9.64. The minimum Gasteiger partial charge on any atom is -0.336 e. The van der Waals surface area contributed by atoms with Crippen LogP contribution in [0.1, 0.15) is 36.6 Å². The zero-order valence-corrected chi connectivity index (χ0v) is 18.2. The maximum Gasteiger partial charge on any atom is 0.247 e. The second kappa shape index (κ2) is 8.64. The van der Waals surface area contributed by atoms with Crippen molar-refractivity contribution in [2.24, 2.45) is 7.05 Å². The van der Waals surface area contributed by atoms with E-state index in [1.807, 2.05) is 21.1 Å². The van der Waals surface area contributed by atoms with Crippen LogP contribution in [-0.2, 0) is 21.9 Å². The van der Waals surface area contributed by atoms with E-state index in [1.54, 1.807) is 51.4 Å². The van der Waals surface area contributed by atoms with Gasteiger partial charge >= 0.3 is 0 Å². The monoisotopic (exact) mass is 419 g/mol. The summed E-state index contributed by atoms with van der Waals surface area (Å²) in [5.41, 5.74) is 1.88. The summed E-state index contributed by atoms with van der Waals surface area (Å²) in [5, 5.41) is 2.88. The van der Waals surface area contributed by atoms with Gasteiger partial charge in [-0.05, 0) is 51.6 Å². The van der Waals surface area contributed by atoms with E-state index in [2.05, 4.69) is 10.3 Å². The Kier molecular flexibility index (Phi) is 6.40. The molecule has 1 aliphatic heterocycles. The molecule has 2 heterocycles. The van der Waals surface area contributed by atoms with Crippen LogP contribution in [0.4, 0.5) is 5.69 Å². The molecule has 2 aromatic rings. The highest BCUT2D eigenvalue weighted by atomic mass is 32.2. The summed E-state index contributed by atoms with van der Waals surface area (Å²) < 4.78 is 29.6. The van der Waals surface area contributed by atoms with Crippen molar-refractivity contribution in [1.82, 2.24) is 18.8 Å². The number of imidazole rings is 1. The molecule has 1 amide bonds. The molecule has 1 aliphatic rings. The average molecular weight is 420 g/mol. The predicted octanol–water partition coefficient (Wildman–Crippen LogP) is 2.14. The van der Waals surface area contributed by atoms with Gasteiger partial charge in [0.05, 0.1) is 23.1 Å². The van der Waals surface area contributed by atoms with Gasteiger partial charge in [0.15, 0.2) is 0 Å². The number of carbonyl (C=O) groups is 1. The summed E-state index contributed by atoms with van der Waals surface area (Å²) in [7, 11) is 1.89. The van der Waals surface area contributed by atoms with Gasteiger partial charge in [0.2, 0.25) is 15.9 Å². The SMILES string of the molecule is Cc1ccc(NC(=O)C(c2cncn2C)N(C)C)cc1S(=O)(=O)N1CCCCC1. The van der Waals surface area contributed by atoms with E-state index in [4.69, 9.17) is 0 Å². The molecule has 0 aliphatic carbocycles. The predicted molar refractivity (Wildman–Crippen MR) is 112 cm³/mol. The molecule has 0 radical (unpaired) electrons. The van der Waals surface area contributed by atoms with Gasteiger partial charge in [-0.15, -0.1) is 0 Å². The molecule has 3 rings (SSSR count). The average Bonchev–Trinajstić information content (AvgIpc) is 3.09. The lowest BCUT2D eigenvalue weighted by molar-refractivity contribution is -0.120. The molecule has 9 heteroatoms. The molecular formula is C20H29N5O3S. The van der Waals surface area contributed by atoms with E-state index in [9.17, 15) is 13.2 Å². The van der Waals surface area contributed by atoms with Crippen LogP contribution in [0.3, 0.4) is 0 Å². The van der Waals surface area contributed by atoms with Gasteiger partial charge in [-0.1, -0.05) is 12.5 Å². The fourth-order valence-corrected chi connectivity index (χ4v) is 5.44. The number of nitrogens with zero attached hydrogens (tertiary/aromatic N) is 4. The molecule has 0 bridgehead atoms. The van der Waals surface area contributed by atoms with Crippen molar-refractivity contribution < 1.29 is 13.2 Å². The van der Waals surface area contributed by atoms with Crippen LogP contribution in [0.2, 0.25) is 0 Å². The molecule has 1 fully saturated rings. The molecule has 158 valence electrons. The fraction of sp³-hybridized carbons (Fsp3) is 0.500. The highest BCUT2D eigenvalue weighted by Crippen LogP contribution is 2.27. The summed E-state index contributed by atoms with van der Waals surface area (Å²) in [6.07, 6.45) is 6.12. The van der Waals surface area contributed by atoms with Crippen LogP contribution < -0.4 is 5.32 Å². The first kappa shape index (κ1) is 21.5. The number of likely N-dealkylation sites (N-methyl/N-ethyl adjacent to an activating group) is 1. The Bertz CT molecular complexity index is 978. The minimum absolute atomic E-state index is 0.247. The number of aromatic nitrogens is 2. The molecule has 1 saturated heterocycles. The van der Waals surface area contributed by atoms with Crippen molar-refractivity contribution in [3.8, 4) is 0 Å². The van der Waals surface area contributed by atoms with Crippen molar-refractivity contribution in [3.05, 3.63) is 42.0 Å². The number of aryl methyl sites for hydroxylation is 2. The summed E-state index contributed by atoms with van der Waals surface area (Å²) in [5.74, 6) is -0.247. The summed E-state index contributed by atoms with van der Waals surface area (Å²) >= 11 is 0. The van der Waals surface area contributed by atoms with Crippen molar-refractivity contribution in [2.75, 3.05) is 32.5 Å². The summed E-state index contributed by atoms with van der Waals surface area (Å²) in [6.45, 7) is 2.86. The number of anilines is 1. The van der Waals surface area contributed by atoms with Gasteiger partial charge in [-0.3, -0.25) is 9.69 Å². The van der Waals surface area contributed by atoms with Gasteiger partial charge in [0.25, 0.3) is 0 Å². The largest absolute Gasteiger partial charge is 0.336 e. The third kappa shape index (κ3) is 4.52. The lowest BCUT2D eigenvalue weighted by Gasteiger charge is -2.27. The van der Waals surface area contributed by atoms with Gasteiger partial charge in [0.1, 0.15) is 6.04 Å². The van der Waals surface area contributed by atoms with Crippen molar-refractivity contribution in [1.29, 1.82) is 0 Å². The van der Waals surface area contributed by atoms with Crippen LogP contribution in [0.25, 0.3) is 0 Å². The molecular weight excluding hydrogens is 390 g/mol. The zero-order chi connectivity index (χ0) is 21.2. The Hall–Kier alpha value is -2.23. The highest BCUT2D eigenvalue weighted by molar-refractivity contribution is 7.89. The van der Waals surface area contributed by atoms with E-state index < -0.39 is 16.1 Å². The molecule has 0 saturated carbocycles. The quantitative estimate of drug-likeness (QED) is 0.775. The number of sulfonamides is 1. The zero-order valence-electron chi connectivity index (χ0n) is 17.4. The van der Waals surface area contributed by atoms with E-state index in [0.29, 0.717) is 24.3 Å². The molecule has 0 spiro atoms. The summed E-state index contributed by atoms with van der Waals surface area (Å²) in [4.78, 5) is 19.1. The molecule has 1 aromatic carbocycles. The first-order valence-electron chi connectivity index (χ1n) is 9.76. The smallest absolute Gasteiger partial charge is 0.247 e. The Balaban J connectivity index is 1.87. The molecule has 1 aromatic heterocycles. The Morgan fingerprint density at radius 2 is 1.90 bits per heavy atom. The number of hydrogen-bond donors (Lipinski definition) is 1. The number of carbonyl (C=O) groups excluding carboxylic acids is 1.